The number of halogens is 1. The highest BCUT2D eigenvalue weighted by Gasteiger charge is 2.15. The second kappa shape index (κ2) is 4.95. The molecule has 0 saturated carbocycles. The fraction of sp³-hybridized carbons (Fsp3) is 0.286. The van der Waals surface area contributed by atoms with Crippen LogP contribution in [-0.4, -0.2) is 9.78 Å². The van der Waals surface area contributed by atoms with Crippen LogP contribution in [0.2, 0.25) is 0 Å². The van der Waals surface area contributed by atoms with Gasteiger partial charge in [-0.1, -0.05) is 12.1 Å². The zero-order valence-electron chi connectivity index (χ0n) is 10.7. The number of rotatable bonds is 2. The van der Waals surface area contributed by atoms with Gasteiger partial charge < -0.3 is 0 Å². The van der Waals surface area contributed by atoms with Crippen molar-refractivity contribution in [3.8, 4) is 11.8 Å². The van der Waals surface area contributed by atoms with Crippen molar-refractivity contribution in [2.24, 2.45) is 0 Å². The smallest absolute Gasteiger partial charge is 0.114 e. The molecular weight excluding hydrogens is 290 g/mol. The van der Waals surface area contributed by atoms with Gasteiger partial charge >= 0.3 is 0 Å². The third-order valence-electron chi connectivity index (χ3n) is 3.18. The van der Waals surface area contributed by atoms with Crippen LogP contribution in [0.1, 0.15) is 22.4 Å². The van der Waals surface area contributed by atoms with E-state index in [1.54, 1.807) is 0 Å². The van der Waals surface area contributed by atoms with Gasteiger partial charge in [-0.3, -0.25) is 0 Å². The average molecular weight is 304 g/mol. The summed E-state index contributed by atoms with van der Waals surface area (Å²) in [6.07, 6.45) is 0.372. The zero-order chi connectivity index (χ0) is 13.3. The van der Waals surface area contributed by atoms with E-state index in [2.05, 4.69) is 47.0 Å². The largest absolute Gasteiger partial charge is 0.226 e. The van der Waals surface area contributed by atoms with E-state index >= 15 is 0 Å². The van der Waals surface area contributed by atoms with Crippen LogP contribution in [0, 0.1) is 32.1 Å². The molecule has 1 aromatic heterocycles. The van der Waals surface area contributed by atoms with Gasteiger partial charge in [0.05, 0.1) is 23.9 Å². The first-order chi connectivity index (χ1) is 8.56. The Morgan fingerprint density at radius 2 is 2.06 bits per heavy atom. The lowest BCUT2D eigenvalue weighted by Gasteiger charge is -2.09. The molecule has 18 heavy (non-hydrogen) atoms. The monoisotopic (exact) mass is 303 g/mol. The van der Waals surface area contributed by atoms with Crippen LogP contribution >= 0.6 is 15.9 Å². The molecule has 92 valence electrons. The van der Waals surface area contributed by atoms with E-state index in [4.69, 9.17) is 5.26 Å². The van der Waals surface area contributed by atoms with Gasteiger partial charge in [0, 0.05) is 5.56 Å². The van der Waals surface area contributed by atoms with Crippen molar-refractivity contribution in [3.63, 3.8) is 0 Å². The number of benzene rings is 1. The SMILES string of the molecule is Cc1cccc(-n2nc(C)c(CC#N)c2Br)c1C. The normalized spacial score (nSPS) is 10.4. The Hall–Kier alpha value is -1.60. The van der Waals surface area contributed by atoms with Gasteiger partial charge in [-0.2, -0.15) is 10.4 Å². The molecule has 0 aliphatic rings. The van der Waals surface area contributed by atoms with Crippen LogP contribution in [0.25, 0.3) is 5.69 Å². The molecule has 3 nitrogen and oxygen atoms in total. The molecule has 2 rings (SSSR count). The zero-order valence-corrected chi connectivity index (χ0v) is 12.2. The highest BCUT2D eigenvalue weighted by Crippen LogP contribution is 2.26. The van der Waals surface area contributed by atoms with E-state index in [1.807, 2.05) is 23.7 Å². The molecule has 0 bridgehead atoms. The van der Waals surface area contributed by atoms with Gasteiger partial charge in [0.15, 0.2) is 0 Å². The van der Waals surface area contributed by atoms with E-state index in [0.29, 0.717) is 6.42 Å². The van der Waals surface area contributed by atoms with Crippen molar-refractivity contribution in [1.29, 1.82) is 5.26 Å². The Balaban J connectivity index is 2.62. The van der Waals surface area contributed by atoms with E-state index in [0.717, 1.165) is 21.5 Å². The molecule has 0 fully saturated rings. The van der Waals surface area contributed by atoms with Crippen LogP contribution in [0.4, 0.5) is 0 Å². The predicted molar refractivity (Wildman–Crippen MR) is 74.8 cm³/mol. The van der Waals surface area contributed by atoms with Crippen molar-refractivity contribution < 1.29 is 0 Å². The van der Waals surface area contributed by atoms with Crippen LogP contribution in [0.3, 0.4) is 0 Å². The highest BCUT2D eigenvalue weighted by atomic mass is 79.9. The number of aryl methyl sites for hydroxylation is 2. The number of aromatic nitrogens is 2. The first-order valence-electron chi connectivity index (χ1n) is 5.73. The van der Waals surface area contributed by atoms with Crippen molar-refractivity contribution in [1.82, 2.24) is 9.78 Å². The van der Waals surface area contributed by atoms with Crippen molar-refractivity contribution in [2.75, 3.05) is 0 Å². The number of nitriles is 1. The molecule has 4 heteroatoms. The minimum Gasteiger partial charge on any atom is -0.226 e. The van der Waals surface area contributed by atoms with E-state index in [9.17, 15) is 0 Å². The van der Waals surface area contributed by atoms with Crippen LogP contribution in [0.5, 0.6) is 0 Å². The van der Waals surface area contributed by atoms with E-state index in [-0.39, 0.29) is 0 Å². The molecule has 0 saturated heterocycles. The average Bonchev–Trinajstić information content (AvgIpc) is 2.61. The molecule has 2 aromatic rings. The Bertz CT molecular complexity index is 635. The molecule has 0 spiro atoms. The first-order valence-corrected chi connectivity index (χ1v) is 6.53. The van der Waals surface area contributed by atoms with Gasteiger partial charge in [-0.05, 0) is 53.9 Å². The summed E-state index contributed by atoms with van der Waals surface area (Å²) >= 11 is 3.55. The minimum atomic E-state index is 0.372. The maximum absolute atomic E-state index is 8.84. The van der Waals surface area contributed by atoms with Crippen LogP contribution in [-0.2, 0) is 6.42 Å². The van der Waals surface area contributed by atoms with E-state index < -0.39 is 0 Å². The lowest BCUT2D eigenvalue weighted by Crippen LogP contribution is -2.01. The third-order valence-corrected chi connectivity index (χ3v) is 4.00. The van der Waals surface area contributed by atoms with Gasteiger partial charge in [-0.15, -0.1) is 0 Å². The van der Waals surface area contributed by atoms with Crippen LogP contribution in [0.15, 0.2) is 22.8 Å². The molecule has 0 aliphatic carbocycles. The Kier molecular flexibility index (Phi) is 3.53. The number of nitrogens with zero attached hydrogens (tertiary/aromatic N) is 3. The molecular formula is C14H14BrN3. The molecule has 0 atom stereocenters. The lowest BCUT2D eigenvalue weighted by atomic mass is 10.1. The Labute approximate surface area is 115 Å². The van der Waals surface area contributed by atoms with E-state index in [1.165, 1.54) is 11.1 Å². The Morgan fingerprint density at radius 1 is 1.33 bits per heavy atom. The molecule has 1 aromatic carbocycles. The first kappa shape index (κ1) is 12.8. The van der Waals surface area contributed by atoms with Gasteiger partial charge in [-0.25, -0.2) is 4.68 Å². The van der Waals surface area contributed by atoms with Crippen molar-refractivity contribution >= 4 is 15.9 Å². The topological polar surface area (TPSA) is 41.6 Å². The van der Waals surface area contributed by atoms with Gasteiger partial charge in [0.25, 0.3) is 0 Å². The van der Waals surface area contributed by atoms with Crippen molar-refractivity contribution in [2.45, 2.75) is 27.2 Å². The summed E-state index contributed by atoms with van der Waals surface area (Å²) in [4.78, 5) is 0. The predicted octanol–water partition coefficient (Wildman–Crippen LogP) is 3.63. The molecule has 1 heterocycles. The summed E-state index contributed by atoms with van der Waals surface area (Å²) in [5.74, 6) is 0. The number of hydrogen-bond acceptors (Lipinski definition) is 2. The summed E-state index contributed by atoms with van der Waals surface area (Å²) < 4.78 is 2.74. The molecule has 0 unspecified atom stereocenters. The fourth-order valence-corrected chi connectivity index (χ4v) is 2.63. The standard InChI is InChI=1S/C14H14BrN3/c1-9-5-4-6-13(10(9)2)18-14(15)12(7-8-16)11(3)17-18/h4-6H,7H2,1-3H3. The summed E-state index contributed by atoms with van der Waals surface area (Å²) in [6, 6.07) is 8.31. The highest BCUT2D eigenvalue weighted by molar-refractivity contribution is 9.10. The summed E-state index contributed by atoms with van der Waals surface area (Å²) in [7, 11) is 0. The molecule has 0 radical (unpaired) electrons. The van der Waals surface area contributed by atoms with Gasteiger partial charge in [0.2, 0.25) is 0 Å². The summed E-state index contributed by atoms with van der Waals surface area (Å²) in [5.41, 5.74) is 5.33. The Morgan fingerprint density at radius 3 is 2.72 bits per heavy atom. The minimum absolute atomic E-state index is 0.372. The second-order valence-electron chi connectivity index (χ2n) is 4.32. The lowest BCUT2D eigenvalue weighted by molar-refractivity contribution is 0.837. The number of hydrogen-bond donors (Lipinski definition) is 0. The maximum atomic E-state index is 8.84. The maximum Gasteiger partial charge on any atom is 0.114 e. The quantitative estimate of drug-likeness (QED) is 0.850. The molecule has 0 aliphatic heterocycles. The fourth-order valence-electron chi connectivity index (χ4n) is 1.94. The van der Waals surface area contributed by atoms with Crippen LogP contribution < -0.4 is 0 Å². The summed E-state index contributed by atoms with van der Waals surface area (Å²) in [6.45, 7) is 6.09. The van der Waals surface area contributed by atoms with Gasteiger partial charge in [0.1, 0.15) is 4.60 Å². The molecule has 0 N–H and O–H groups in total. The second-order valence-corrected chi connectivity index (χ2v) is 5.07. The van der Waals surface area contributed by atoms with Crippen molar-refractivity contribution in [3.05, 3.63) is 45.2 Å². The third kappa shape index (κ3) is 2.06. The summed E-state index contributed by atoms with van der Waals surface area (Å²) in [5, 5.41) is 13.4. The molecule has 0 amide bonds.